The summed E-state index contributed by atoms with van der Waals surface area (Å²) in [5.41, 5.74) is 0. The lowest BCUT2D eigenvalue weighted by Gasteiger charge is -2.00. The Morgan fingerprint density at radius 3 is 2.71 bits per heavy atom. The second-order valence-electron chi connectivity index (χ2n) is 2.44. The van der Waals surface area contributed by atoms with Crippen molar-refractivity contribution in [1.82, 2.24) is 0 Å². The maximum absolute atomic E-state index is 9.91. The molecule has 0 spiro atoms. The molecule has 5 heteroatoms. The van der Waals surface area contributed by atoms with Gasteiger partial charge in [0.1, 0.15) is 6.61 Å². The second-order valence-corrected chi connectivity index (χ2v) is 2.44. The maximum atomic E-state index is 9.91. The third kappa shape index (κ3) is 10.9. The highest BCUT2D eigenvalue weighted by atomic mass is 16.7. The molecule has 0 fully saturated rings. The van der Waals surface area contributed by atoms with Crippen LogP contribution in [0.25, 0.3) is 0 Å². The Hall–Kier alpha value is -1.07. The predicted molar refractivity (Wildman–Crippen MR) is 50.4 cm³/mol. The molecule has 0 aromatic carbocycles. The van der Waals surface area contributed by atoms with Gasteiger partial charge in [0.15, 0.2) is 0 Å². The number of carbonyl (C=O) groups is 1. The third-order valence-corrected chi connectivity index (χ3v) is 1.33. The highest BCUT2D eigenvalue weighted by Gasteiger charge is 1.90. The van der Waals surface area contributed by atoms with Crippen LogP contribution in [-0.4, -0.2) is 44.8 Å². The van der Waals surface area contributed by atoms with Gasteiger partial charge in [0.05, 0.1) is 19.8 Å². The molecule has 0 aliphatic heterocycles. The molecule has 82 valence electrons. The summed E-state index contributed by atoms with van der Waals surface area (Å²) < 4.78 is 14.2. The summed E-state index contributed by atoms with van der Waals surface area (Å²) in [7, 11) is 1.62. The van der Waals surface area contributed by atoms with Gasteiger partial charge in [-0.05, 0) is 6.42 Å². The van der Waals surface area contributed by atoms with Gasteiger partial charge in [-0.3, -0.25) is 0 Å². The van der Waals surface area contributed by atoms with E-state index in [1.165, 1.54) is 0 Å². The first-order valence-corrected chi connectivity index (χ1v) is 4.34. The molecular weight excluding hydrogens is 188 g/mol. The highest BCUT2D eigenvalue weighted by molar-refractivity contribution is 5.56. The van der Waals surface area contributed by atoms with E-state index in [0.717, 1.165) is 6.42 Å². The van der Waals surface area contributed by atoms with Gasteiger partial charge in [0.25, 0.3) is 0 Å². The van der Waals surface area contributed by atoms with Gasteiger partial charge in [-0.1, -0.05) is 12.2 Å². The first-order valence-electron chi connectivity index (χ1n) is 4.34. The minimum atomic E-state index is -1.26. The van der Waals surface area contributed by atoms with Gasteiger partial charge >= 0.3 is 6.16 Å². The molecule has 1 N–H and O–H groups in total. The molecule has 0 heterocycles. The molecule has 0 atom stereocenters. The standard InChI is InChI=1S/C9H16O5/c1-12-7-8-13-5-3-2-4-6-14-9(10)11/h2,4H,3,5-8H2,1H3,(H,10,11). The molecule has 0 unspecified atom stereocenters. The van der Waals surface area contributed by atoms with Crippen molar-refractivity contribution < 1.29 is 24.1 Å². The van der Waals surface area contributed by atoms with E-state index in [1.54, 1.807) is 13.2 Å². The fraction of sp³-hybridized carbons (Fsp3) is 0.667. The SMILES string of the molecule is COCCOCCC=CCOC(=O)O. The topological polar surface area (TPSA) is 65.0 Å². The highest BCUT2D eigenvalue weighted by Crippen LogP contribution is 1.87. The van der Waals surface area contributed by atoms with Crippen molar-refractivity contribution in [2.45, 2.75) is 6.42 Å². The quantitative estimate of drug-likeness (QED) is 0.366. The van der Waals surface area contributed by atoms with Gasteiger partial charge in [0.2, 0.25) is 0 Å². The molecule has 0 amide bonds. The average molecular weight is 204 g/mol. The predicted octanol–water partition coefficient (Wildman–Crippen LogP) is 1.29. The van der Waals surface area contributed by atoms with E-state index in [0.29, 0.717) is 19.8 Å². The van der Waals surface area contributed by atoms with Crippen LogP contribution in [-0.2, 0) is 14.2 Å². The van der Waals surface area contributed by atoms with Crippen LogP contribution in [0.2, 0.25) is 0 Å². The molecule has 0 aliphatic carbocycles. The van der Waals surface area contributed by atoms with E-state index in [-0.39, 0.29) is 6.61 Å². The Balaban J connectivity index is 3.07. The van der Waals surface area contributed by atoms with Crippen LogP contribution in [0.5, 0.6) is 0 Å². The summed E-state index contributed by atoms with van der Waals surface area (Å²) in [4.78, 5) is 9.91. The number of rotatable bonds is 8. The lowest BCUT2D eigenvalue weighted by atomic mass is 10.4. The number of hydrogen-bond donors (Lipinski definition) is 1. The van der Waals surface area contributed by atoms with E-state index in [1.807, 2.05) is 6.08 Å². The molecule has 0 saturated heterocycles. The molecule has 0 saturated carbocycles. The molecule has 0 aromatic heterocycles. The largest absolute Gasteiger partial charge is 0.506 e. The van der Waals surface area contributed by atoms with Gasteiger partial charge < -0.3 is 19.3 Å². The number of carboxylic acid groups (broad SMARTS) is 1. The zero-order chi connectivity index (χ0) is 10.6. The fourth-order valence-corrected chi connectivity index (χ4v) is 0.701. The molecule has 5 nitrogen and oxygen atoms in total. The van der Waals surface area contributed by atoms with Crippen LogP contribution in [0.1, 0.15) is 6.42 Å². The van der Waals surface area contributed by atoms with Crippen LogP contribution in [0.15, 0.2) is 12.2 Å². The molecular formula is C9H16O5. The van der Waals surface area contributed by atoms with Gasteiger partial charge in [-0.2, -0.15) is 0 Å². The number of methoxy groups -OCH3 is 1. The maximum Gasteiger partial charge on any atom is 0.506 e. The zero-order valence-corrected chi connectivity index (χ0v) is 8.27. The molecule has 0 aliphatic rings. The first kappa shape index (κ1) is 12.9. The van der Waals surface area contributed by atoms with Crippen LogP contribution in [0, 0.1) is 0 Å². The number of hydrogen-bond acceptors (Lipinski definition) is 4. The van der Waals surface area contributed by atoms with Crippen molar-refractivity contribution in [3.63, 3.8) is 0 Å². The summed E-state index contributed by atoms with van der Waals surface area (Å²) in [6.45, 7) is 1.86. The molecule has 0 aromatic rings. The Labute approximate surface area is 83.3 Å². The zero-order valence-electron chi connectivity index (χ0n) is 8.27. The van der Waals surface area contributed by atoms with E-state index in [9.17, 15) is 4.79 Å². The van der Waals surface area contributed by atoms with E-state index >= 15 is 0 Å². The normalized spacial score (nSPS) is 10.6. The smallest absolute Gasteiger partial charge is 0.450 e. The lowest BCUT2D eigenvalue weighted by Crippen LogP contribution is -2.02. The van der Waals surface area contributed by atoms with Crippen LogP contribution in [0.3, 0.4) is 0 Å². The summed E-state index contributed by atoms with van der Waals surface area (Å²) in [6, 6.07) is 0. The molecule has 14 heavy (non-hydrogen) atoms. The summed E-state index contributed by atoms with van der Waals surface area (Å²) in [5, 5.41) is 8.12. The van der Waals surface area contributed by atoms with Crippen LogP contribution in [0.4, 0.5) is 4.79 Å². The summed E-state index contributed by atoms with van der Waals surface area (Å²) >= 11 is 0. The van der Waals surface area contributed by atoms with E-state index in [2.05, 4.69) is 4.74 Å². The number of ether oxygens (including phenoxy) is 3. The summed E-state index contributed by atoms with van der Waals surface area (Å²) in [5.74, 6) is 0. The van der Waals surface area contributed by atoms with Gasteiger partial charge in [0, 0.05) is 7.11 Å². The van der Waals surface area contributed by atoms with Crippen molar-refractivity contribution in [1.29, 1.82) is 0 Å². The van der Waals surface area contributed by atoms with Gasteiger partial charge in [-0.25, -0.2) is 4.79 Å². The first-order chi connectivity index (χ1) is 6.77. The second kappa shape index (κ2) is 10.0. The van der Waals surface area contributed by atoms with Crippen molar-refractivity contribution >= 4 is 6.16 Å². The molecule has 0 radical (unpaired) electrons. The molecule has 0 bridgehead atoms. The van der Waals surface area contributed by atoms with Crippen molar-refractivity contribution in [2.75, 3.05) is 33.5 Å². The van der Waals surface area contributed by atoms with Gasteiger partial charge in [-0.15, -0.1) is 0 Å². The van der Waals surface area contributed by atoms with Crippen molar-refractivity contribution in [2.24, 2.45) is 0 Å². The Morgan fingerprint density at radius 1 is 1.29 bits per heavy atom. The fourth-order valence-electron chi connectivity index (χ4n) is 0.701. The lowest BCUT2D eigenvalue weighted by molar-refractivity contribution is 0.0729. The van der Waals surface area contributed by atoms with Crippen molar-refractivity contribution in [3.8, 4) is 0 Å². The Morgan fingerprint density at radius 2 is 2.07 bits per heavy atom. The van der Waals surface area contributed by atoms with E-state index in [4.69, 9.17) is 14.6 Å². The van der Waals surface area contributed by atoms with Crippen LogP contribution >= 0.6 is 0 Å². The Bertz CT molecular complexity index is 167. The van der Waals surface area contributed by atoms with Crippen molar-refractivity contribution in [3.05, 3.63) is 12.2 Å². The summed E-state index contributed by atoms with van der Waals surface area (Å²) in [6.07, 6.45) is 2.95. The van der Waals surface area contributed by atoms with Crippen LogP contribution < -0.4 is 0 Å². The average Bonchev–Trinajstić information content (AvgIpc) is 2.15. The van der Waals surface area contributed by atoms with E-state index < -0.39 is 6.16 Å². The molecule has 0 rings (SSSR count). The Kier molecular flexibility index (Phi) is 9.25. The minimum Gasteiger partial charge on any atom is -0.450 e. The third-order valence-electron chi connectivity index (χ3n) is 1.33. The monoisotopic (exact) mass is 204 g/mol. The minimum absolute atomic E-state index is 0.0907.